The van der Waals surface area contributed by atoms with Crippen molar-refractivity contribution in [3.8, 4) is 11.1 Å². The molecule has 19 heavy (non-hydrogen) atoms. The van der Waals surface area contributed by atoms with E-state index in [1.54, 1.807) is 7.05 Å². The van der Waals surface area contributed by atoms with Gasteiger partial charge in [0.15, 0.2) is 0 Å². The van der Waals surface area contributed by atoms with Gasteiger partial charge in [0.1, 0.15) is 6.17 Å². The Labute approximate surface area is 113 Å². The van der Waals surface area contributed by atoms with Crippen LogP contribution in [0.1, 0.15) is 17.3 Å². The van der Waals surface area contributed by atoms with Crippen molar-refractivity contribution in [2.75, 3.05) is 7.05 Å². The van der Waals surface area contributed by atoms with Gasteiger partial charge in [-0.25, -0.2) is 5.43 Å². The van der Waals surface area contributed by atoms with Crippen molar-refractivity contribution < 1.29 is 5.21 Å². The van der Waals surface area contributed by atoms with E-state index in [-0.39, 0.29) is 6.17 Å². The number of nitrogens with one attached hydrogen (secondary N) is 3. The largest absolute Gasteiger partial charge is 0.315 e. The molecule has 2 aromatic rings. The summed E-state index contributed by atoms with van der Waals surface area (Å²) in [6.45, 7) is 2.07. The third-order valence-electron chi connectivity index (χ3n) is 3.05. The van der Waals surface area contributed by atoms with Gasteiger partial charge in [0, 0.05) is 0 Å². The third-order valence-corrected chi connectivity index (χ3v) is 3.05. The summed E-state index contributed by atoms with van der Waals surface area (Å²) in [6, 6.07) is 16.3. The summed E-state index contributed by atoms with van der Waals surface area (Å²) in [5.74, 6) is 0. The predicted molar refractivity (Wildman–Crippen MR) is 76.5 cm³/mol. The fraction of sp³-hybridized carbons (Fsp3) is 0.200. The second kappa shape index (κ2) is 6.45. The van der Waals surface area contributed by atoms with Crippen molar-refractivity contribution in [3.05, 3.63) is 59.7 Å². The average Bonchev–Trinajstić information content (AvgIpc) is 2.46. The highest BCUT2D eigenvalue weighted by Crippen LogP contribution is 2.27. The monoisotopic (exact) mass is 257 g/mol. The van der Waals surface area contributed by atoms with Gasteiger partial charge in [0.25, 0.3) is 0 Å². The Morgan fingerprint density at radius 2 is 1.68 bits per heavy atom. The van der Waals surface area contributed by atoms with E-state index in [1.165, 1.54) is 5.56 Å². The molecule has 0 aromatic heterocycles. The van der Waals surface area contributed by atoms with Crippen molar-refractivity contribution in [2.24, 2.45) is 0 Å². The minimum atomic E-state index is -0.373. The SMILES string of the molecule is CNNC(NO)c1ccccc1-c1ccc(C)cc1. The summed E-state index contributed by atoms with van der Waals surface area (Å²) >= 11 is 0. The molecule has 0 aliphatic carbocycles. The summed E-state index contributed by atoms with van der Waals surface area (Å²) in [5, 5.41) is 9.27. The molecule has 0 amide bonds. The van der Waals surface area contributed by atoms with E-state index in [1.807, 2.05) is 24.3 Å². The Kier molecular flexibility index (Phi) is 4.65. The molecular formula is C15H19N3O. The van der Waals surface area contributed by atoms with Crippen molar-refractivity contribution >= 4 is 0 Å². The lowest BCUT2D eigenvalue weighted by atomic mass is 9.97. The molecule has 4 N–H and O–H groups in total. The summed E-state index contributed by atoms with van der Waals surface area (Å²) in [5.41, 5.74) is 12.5. The second-order valence-electron chi connectivity index (χ2n) is 4.41. The van der Waals surface area contributed by atoms with E-state index in [2.05, 4.69) is 47.5 Å². The number of hydrazine groups is 1. The van der Waals surface area contributed by atoms with Gasteiger partial charge in [-0.05, 0) is 30.7 Å². The van der Waals surface area contributed by atoms with Crippen LogP contribution in [0, 0.1) is 6.92 Å². The number of benzene rings is 2. The molecule has 2 aromatic carbocycles. The van der Waals surface area contributed by atoms with E-state index < -0.39 is 0 Å². The number of hydrogen-bond acceptors (Lipinski definition) is 4. The molecule has 0 spiro atoms. The summed E-state index contributed by atoms with van der Waals surface area (Å²) < 4.78 is 0. The van der Waals surface area contributed by atoms with Crippen LogP contribution in [0.15, 0.2) is 48.5 Å². The van der Waals surface area contributed by atoms with Gasteiger partial charge >= 0.3 is 0 Å². The molecule has 1 atom stereocenters. The highest BCUT2D eigenvalue weighted by Gasteiger charge is 2.13. The van der Waals surface area contributed by atoms with E-state index in [4.69, 9.17) is 0 Å². The second-order valence-corrected chi connectivity index (χ2v) is 4.41. The van der Waals surface area contributed by atoms with Crippen LogP contribution in [-0.2, 0) is 0 Å². The first kappa shape index (κ1) is 13.7. The van der Waals surface area contributed by atoms with Crippen LogP contribution in [0.2, 0.25) is 0 Å². The van der Waals surface area contributed by atoms with Crippen molar-refractivity contribution in [1.29, 1.82) is 0 Å². The Hall–Kier alpha value is -1.72. The minimum Gasteiger partial charge on any atom is -0.315 e. The number of aryl methyl sites for hydroxylation is 1. The lowest BCUT2D eigenvalue weighted by Gasteiger charge is -2.20. The molecule has 0 radical (unpaired) electrons. The van der Waals surface area contributed by atoms with Crippen LogP contribution in [0.5, 0.6) is 0 Å². The Balaban J connectivity index is 2.42. The summed E-state index contributed by atoms with van der Waals surface area (Å²) in [4.78, 5) is 0. The van der Waals surface area contributed by atoms with Gasteiger partial charge < -0.3 is 5.21 Å². The smallest absolute Gasteiger partial charge is 0.119 e. The summed E-state index contributed by atoms with van der Waals surface area (Å²) in [7, 11) is 1.76. The first-order chi connectivity index (χ1) is 9.26. The van der Waals surface area contributed by atoms with Crippen LogP contribution < -0.4 is 16.3 Å². The minimum absolute atomic E-state index is 0.373. The number of rotatable bonds is 5. The highest BCUT2D eigenvalue weighted by atomic mass is 16.5. The maximum Gasteiger partial charge on any atom is 0.119 e. The van der Waals surface area contributed by atoms with E-state index in [0.717, 1.165) is 16.7 Å². The Morgan fingerprint density at radius 1 is 1.00 bits per heavy atom. The molecule has 0 aliphatic heterocycles. The zero-order chi connectivity index (χ0) is 13.7. The molecule has 100 valence electrons. The quantitative estimate of drug-likeness (QED) is 0.490. The normalized spacial score (nSPS) is 12.4. The molecule has 4 nitrogen and oxygen atoms in total. The molecular weight excluding hydrogens is 238 g/mol. The molecule has 0 saturated heterocycles. The molecule has 2 rings (SSSR count). The molecule has 0 aliphatic rings. The van der Waals surface area contributed by atoms with Gasteiger partial charge in [-0.1, -0.05) is 54.1 Å². The van der Waals surface area contributed by atoms with E-state index >= 15 is 0 Å². The molecule has 0 saturated carbocycles. The molecule has 0 fully saturated rings. The van der Waals surface area contributed by atoms with Crippen LogP contribution in [0.4, 0.5) is 0 Å². The van der Waals surface area contributed by atoms with Crippen molar-refractivity contribution in [2.45, 2.75) is 13.1 Å². The topological polar surface area (TPSA) is 56.3 Å². The van der Waals surface area contributed by atoms with Gasteiger partial charge in [0.05, 0.1) is 0 Å². The van der Waals surface area contributed by atoms with E-state index in [9.17, 15) is 5.21 Å². The number of hydrogen-bond donors (Lipinski definition) is 4. The number of hydroxylamine groups is 1. The third kappa shape index (κ3) is 3.19. The van der Waals surface area contributed by atoms with E-state index in [0.29, 0.717) is 0 Å². The zero-order valence-electron chi connectivity index (χ0n) is 11.1. The lowest BCUT2D eigenvalue weighted by molar-refractivity contribution is 0.104. The maximum absolute atomic E-state index is 9.27. The molecule has 0 bridgehead atoms. The van der Waals surface area contributed by atoms with Crippen molar-refractivity contribution in [1.82, 2.24) is 16.3 Å². The fourth-order valence-electron chi connectivity index (χ4n) is 2.07. The lowest BCUT2D eigenvalue weighted by Crippen LogP contribution is -2.39. The van der Waals surface area contributed by atoms with Gasteiger partial charge in [-0.2, -0.15) is 5.48 Å². The first-order valence-electron chi connectivity index (χ1n) is 6.24. The molecule has 1 unspecified atom stereocenters. The Bertz CT molecular complexity index is 525. The van der Waals surface area contributed by atoms with Gasteiger partial charge in [0.2, 0.25) is 0 Å². The Morgan fingerprint density at radius 3 is 2.32 bits per heavy atom. The average molecular weight is 257 g/mol. The molecule has 0 heterocycles. The van der Waals surface area contributed by atoms with Crippen LogP contribution in [0.3, 0.4) is 0 Å². The van der Waals surface area contributed by atoms with Gasteiger partial charge in [-0.3, -0.25) is 5.43 Å². The fourth-order valence-corrected chi connectivity index (χ4v) is 2.07. The highest BCUT2D eigenvalue weighted by molar-refractivity contribution is 5.68. The zero-order valence-corrected chi connectivity index (χ0v) is 11.1. The van der Waals surface area contributed by atoms with Crippen LogP contribution in [0.25, 0.3) is 11.1 Å². The summed E-state index contributed by atoms with van der Waals surface area (Å²) in [6.07, 6.45) is -0.373. The maximum atomic E-state index is 9.27. The van der Waals surface area contributed by atoms with Crippen LogP contribution in [-0.4, -0.2) is 12.3 Å². The standard InChI is InChI=1S/C15H19N3O/c1-11-7-9-12(10-8-11)13-5-3-4-6-14(13)15(18-19)17-16-2/h3-10,15-19H,1-2H3. The molecule has 4 heteroatoms. The first-order valence-corrected chi connectivity index (χ1v) is 6.24. The van der Waals surface area contributed by atoms with Crippen molar-refractivity contribution in [3.63, 3.8) is 0 Å². The van der Waals surface area contributed by atoms with Gasteiger partial charge in [-0.15, -0.1) is 0 Å². The predicted octanol–water partition coefficient (Wildman–Crippen LogP) is 2.36. The van der Waals surface area contributed by atoms with Crippen LogP contribution >= 0.6 is 0 Å².